The zero-order valence-electron chi connectivity index (χ0n) is 7.00. The summed E-state index contributed by atoms with van der Waals surface area (Å²) in [4.78, 5) is 0. The van der Waals surface area contributed by atoms with Crippen LogP contribution in [0.15, 0.2) is 12.4 Å². The quantitative estimate of drug-likeness (QED) is 0.607. The maximum absolute atomic E-state index is 4.24. The first-order chi connectivity index (χ1) is 5.76. The van der Waals surface area contributed by atoms with E-state index in [1.165, 1.54) is 9.99 Å². The topological polar surface area (TPSA) is 17.8 Å². The van der Waals surface area contributed by atoms with Gasteiger partial charge in [-0.25, -0.2) is 0 Å². The first-order valence-corrected chi connectivity index (χ1v) is 6.20. The van der Waals surface area contributed by atoms with Crippen LogP contribution in [-0.2, 0) is 6.54 Å². The van der Waals surface area contributed by atoms with Crippen LogP contribution in [0.4, 0.5) is 0 Å². The molecule has 0 aliphatic heterocycles. The third-order valence-corrected chi connectivity index (χ3v) is 3.32. The maximum Gasteiger partial charge on any atom is 0.0623 e. The predicted molar refractivity (Wildman–Crippen MR) is 62.5 cm³/mol. The van der Waals surface area contributed by atoms with Crippen LogP contribution in [0.5, 0.6) is 0 Å². The molecule has 1 heterocycles. The third kappa shape index (κ3) is 3.05. The van der Waals surface area contributed by atoms with E-state index >= 15 is 0 Å². The van der Waals surface area contributed by atoms with Gasteiger partial charge < -0.3 is 0 Å². The van der Waals surface area contributed by atoms with Crippen LogP contribution < -0.4 is 0 Å². The normalized spacial score (nSPS) is 13.2. The second-order valence-corrected chi connectivity index (χ2v) is 4.70. The fourth-order valence-electron chi connectivity index (χ4n) is 0.990. The summed E-state index contributed by atoms with van der Waals surface area (Å²) >= 11 is 5.77. The molecule has 0 aliphatic carbocycles. The van der Waals surface area contributed by atoms with Crippen LogP contribution in [0.3, 0.4) is 0 Å². The van der Waals surface area contributed by atoms with Crippen molar-refractivity contribution in [2.45, 2.75) is 19.9 Å². The summed E-state index contributed by atoms with van der Waals surface area (Å²) in [5.41, 5.74) is 0. The number of aromatic nitrogens is 2. The monoisotopic (exact) mass is 342 g/mol. The summed E-state index contributed by atoms with van der Waals surface area (Å²) in [6.45, 7) is 3.23. The Bertz CT molecular complexity index is 233. The van der Waals surface area contributed by atoms with Gasteiger partial charge in [-0.3, -0.25) is 4.68 Å². The zero-order chi connectivity index (χ0) is 8.97. The Labute approximate surface area is 95.0 Å². The number of alkyl halides is 1. The predicted octanol–water partition coefficient (Wildman–Crippen LogP) is 2.91. The van der Waals surface area contributed by atoms with Crippen LogP contribution >= 0.6 is 38.5 Å². The molecule has 0 saturated carbocycles. The van der Waals surface area contributed by atoms with Crippen LogP contribution in [0.1, 0.15) is 13.3 Å². The smallest absolute Gasteiger partial charge is 0.0623 e. The molecule has 2 nitrogen and oxygen atoms in total. The van der Waals surface area contributed by atoms with Crippen molar-refractivity contribution in [3.63, 3.8) is 0 Å². The summed E-state index contributed by atoms with van der Waals surface area (Å²) in [6.07, 6.45) is 5.16. The maximum atomic E-state index is 4.24. The van der Waals surface area contributed by atoms with E-state index in [1.807, 2.05) is 10.9 Å². The Hall–Kier alpha value is 0.420. The molecule has 1 aromatic heterocycles. The minimum absolute atomic E-state index is 0.695. The first-order valence-electron chi connectivity index (χ1n) is 4.00. The van der Waals surface area contributed by atoms with Crippen molar-refractivity contribution in [1.29, 1.82) is 0 Å². The van der Waals surface area contributed by atoms with E-state index in [4.69, 9.17) is 0 Å². The molecule has 0 radical (unpaired) electrons. The Kier molecular flexibility index (Phi) is 4.56. The van der Waals surface area contributed by atoms with Crippen LogP contribution in [-0.4, -0.2) is 15.1 Å². The van der Waals surface area contributed by atoms with Gasteiger partial charge in [0.05, 0.1) is 9.77 Å². The Morgan fingerprint density at radius 1 is 1.75 bits per heavy atom. The van der Waals surface area contributed by atoms with E-state index in [9.17, 15) is 0 Å². The molecular weight excluding hydrogens is 331 g/mol. The second kappa shape index (κ2) is 5.21. The molecular formula is C8H12BrIN2. The minimum Gasteiger partial charge on any atom is -0.271 e. The summed E-state index contributed by atoms with van der Waals surface area (Å²) in [5.74, 6) is 0.695. The summed E-state index contributed by atoms with van der Waals surface area (Å²) < 4.78 is 3.22. The van der Waals surface area contributed by atoms with E-state index in [0.29, 0.717) is 5.92 Å². The molecule has 1 rings (SSSR count). The van der Waals surface area contributed by atoms with Crippen molar-refractivity contribution in [2.75, 3.05) is 5.33 Å². The molecule has 0 amide bonds. The highest BCUT2D eigenvalue weighted by molar-refractivity contribution is 14.1. The second-order valence-electron chi connectivity index (χ2n) is 2.81. The van der Waals surface area contributed by atoms with E-state index in [2.05, 4.69) is 56.7 Å². The Balaban J connectivity index is 2.50. The van der Waals surface area contributed by atoms with Gasteiger partial charge in [0, 0.05) is 18.1 Å². The molecule has 1 atom stereocenters. The van der Waals surface area contributed by atoms with Gasteiger partial charge >= 0.3 is 0 Å². The van der Waals surface area contributed by atoms with Crippen molar-refractivity contribution in [2.24, 2.45) is 5.92 Å². The largest absolute Gasteiger partial charge is 0.271 e. The SMILES string of the molecule is CCC(CBr)Cn1cc(I)cn1. The minimum atomic E-state index is 0.695. The molecule has 0 N–H and O–H groups in total. The summed E-state index contributed by atoms with van der Waals surface area (Å²) in [5, 5.41) is 5.30. The summed E-state index contributed by atoms with van der Waals surface area (Å²) in [7, 11) is 0. The highest BCUT2D eigenvalue weighted by Gasteiger charge is 2.05. The molecule has 0 saturated heterocycles. The zero-order valence-corrected chi connectivity index (χ0v) is 10.7. The van der Waals surface area contributed by atoms with Crippen molar-refractivity contribution in [3.05, 3.63) is 16.0 Å². The van der Waals surface area contributed by atoms with Crippen molar-refractivity contribution >= 4 is 38.5 Å². The lowest BCUT2D eigenvalue weighted by atomic mass is 10.1. The molecule has 0 spiro atoms. The lowest BCUT2D eigenvalue weighted by molar-refractivity contribution is 0.447. The van der Waals surface area contributed by atoms with Crippen LogP contribution in [0.2, 0.25) is 0 Å². The van der Waals surface area contributed by atoms with Crippen molar-refractivity contribution < 1.29 is 0 Å². The van der Waals surface area contributed by atoms with E-state index < -0.39 is 0 Å². The van der Waals surface area contributed by atoms with E-state index in [-0.39, 0.29) is 0 Å². The summed E-state index contributed by atoms with van der Waals surface area (Å²) in [6, 6.07) is 0. The highest BCUT2D eigenvalue weighted by Crippen LogP contribution is 2.10. The average Bonchev–Trinajstić information content (AvgIpc) is 2.47. The Morgan fingerprint density at radius 3 is 2.92 bits per heavy atom. The van der Waals surface area contributed by atoms with Crippen molar-refractivity contribution in [3.8, 4) is 0 Å². The molecule has 0 bridgehead atoms. The molecule has 68 valence electrons. The fourth-order valence-corrected chi connectivity index (χ4v) is 2.10. The van der Waals surface area contributed by atoms with Gasteiger partial charge in [0.1, 0.15) is 0 Å². The molecule has 4 heteroatoms. The molecule has 0 aliphatic rings. The number of rotatable bonds is 4. The van der Waals surface area contributed by atoms with Gasteiger partial charge in [0.15, 0.2) is 0 Å². The number of hydrogen-bond acceptors (Lipinski definition) is 1. The van der Waals surface area contributed by atoms with Gasteiger partial charge in [-0.2, -0.15) is 5.10 Å². The van der Waals surface area contributed by atoms with E-state index in [0.717, 1.165) is 11.9 Å². The van der Waals surface area contributed by atoms with Gasteiger partial charge in [-0.1, -0.05) is 29.3 Å². The first kappa shape index (κ1) is 10.5. The fraction of sp³-hybridized carbons (Fsp3) is 0.625. The Morgan fingerprint density at radius 2 is 2.50 bits per heavy atom. The molecule has 12 heavy (non-hydrogen) atoms. The van der Waals surface area contributed by atoms with Gasteiger partial charge in [-0.15, -0.1) is 0 Å². The van der Waals surface area contributed by atoms with Gasteiger partial charge in [-0.05, 0) is 28.5 Å². The van der Waals surface area contributed by atoms with Crippen LogP contribution in [0, 0.1) is 9.49 Å². The van der Waals surface area contributed by atoms with E-state index in [1.54, 1.807) is 0 Å². The van der Waals surface area contributed by atoms with Crippen molar-refractivity contribution in [1.82, 2.24) is 9.78 Å². The number of halogens is 2. The molecule has 0 fully saturated rings. The molecule has 0 aromatic carbocycles. The van der Waals surface area contributed by atoms with Crippen LogP contribution in [0.25, 0.3) is 0 Å². The molecule has 1 aromatic rings. The number of nitrogens with zero attached hydrogens (tertiary/aromatic N) is 2. The lowest BCUT2D eigenvalue weighted by Crippen LogP contribution is -2.11. The number of hydrogen-bond donors (Lipinski definition) is 0. The third-order valence-electron chi connectivity index (χ3n) is 1.84. The van der Waals surface area contributed by atoms with Gasteiger partial charge in [0.25, 0.3) is 0 Å². The average molecular weight is 343 g/mol. The highest BCUT2D eigenvalue weighted by atomic mass is 127. The lowest BCUT2D eigenvalue weighted by Gasteiger charge is -2.10. The molecule has 1 unspecified atom stereocenters. The standard InChI is InChI=1S/C8H12BrIN2/c1-2-7(3-9)5-12-6-8(10)4-11-12/h4,6-7H,2-3,5H2,1H3. The van der Waals surface area contributed by atoms with Gasteiger partial charge in [0.2, 0.25) is 0 Å².